The van der Waals surface area contributed by atoms with Crippen molar-refractivity contribution in [3.05, 3.63) is 83.7 Å². The molecular weight excluding hydrogens is 372 g/mol. The largest absolute Gasteiger partial charge is 0.339 e. The van der Waals surface area contributed by atoms with Crippen LogP contribution in [0, 0.1) is 12.8 Å². The van der Waals surface area contributed by atoms with Gasteiger partial charge in [0.2, 0.25) is 0 Å². The number of aryl methyl sites for hydroxylation is 1. The van der Waals surface area contributed by atoms with Crippen LogP contribution in [0.25, 0.3) is 5.69 Å². The molecule has 2 heterocycles. The standard InChI is InChI=1S/C25H30N4O/c1-20-12-17-29(26-20)24-10-8-23(9-11-24)25(30)28-15-13-22(14-16-28)19-27(2)18-21-6-4-3-5-7-21/h3-12,17,22H,13-16,18-19H2,1-2H3. The van der Waals surface area contributed by atoms with E-state index in [0.717, 1.165) is 56.0 Å². The van der Waals surface area contributed by atoms with Crippen LogP contribution in [0.15, 0.2) is 66.9 Å². The molecule has 0 atom stereocenters. The van der Waals surface area contributed by atoms with Gasteiger partial charge < -0.3 is 9.80 Å². The molecule has 156 valence electrons. The molecule has 0 spiro atoms. The number of rotatable bonds is 6. The molecule has 1 aromatic heterocycles. The quantitative estimate of drug-likeness (QED) is 0.622. The van der Waals surface area contributed by atoms with Gasteiger partial charge in [0.05, 0.1) is 11.4 Å². The minimum atomic E-state index is 0.134. The average Bonchev–Trinajstić information content (AvgIpc) is 3.21. The van der Waals surface area contributed by atoms with Crippen molar-refractivity contribution in [3.63, 3.8) is 0 Å². The fourth-order valence-corrected chi connectivity index (χ4v) is 4.22. The topological polar surface area (TPSA) is 41.4 Å². The van der Waals surface area contributed by atoms with Gasteiger partial charge in [-0.3, -0.25) is 4.79 Å². The van der Waals surface area contributed by atoms with Crippen LogP contribution in [0.5, 0.6) is 0 Å². The molecule has 1 aliphatic rings. The summed E-state index contributed by atoms with van der Waals surface area (Å²) in [7, 11) is 2.19. The van der Waals surface area contributed by atoms with Gasteiger partial charge in [-0.25, -0.2) is 4.68 Å². The van der Waals surface area contributed by atoms with Crippen LogP contribution >= 0.6 is 0 Å². The number of nitrogens with zero attached hydrogens (tertiary/aromatic N) is 4. The first-order valence-electron chi connectivity index (χ1n) is 10.7. The fourth-order valence-electron chi connectivity index (χ4n) is 4.22. The summed E-state index contributed by atoms with van der Waals surface area (Å²) in [4.78, 5) is 17.3. The normalized spacial score (nSPS) is 15.0. The molecule has 5 heteroatoms. The van der Waals surface area contributed by atoms with Crippen LogP contribution < -0.4 is 0 Å². The predicted octanol–water partition coefficient (Wildman–Crippen LogP) is 4.16. The number of likely N-dealkylation sites (tertiary alicyclic amines) is 1. The maximum Gasteiger partial charge on any atom is 0.253 e. The third kappa shape index (κ3) is 4.97. The van der Waals surface area contributed by atoms with Gasteiger partial charge >= 0.3 is 0 Å². The lowest BCUT2D eigenvalue weighted by Crippen LogP contribution is -2.41. The Morgan fingerprint density at radius 1 is 1.03 bits per heavy atom. The smallest absolute Gasteiger partial charge is 0.253 e. The van der Waals surface area contributed by atoms with Crippen LogP contribution in [-0.4, -0.2) is 52.2 Å². The third-order valence-electron chi connectivity index (χ3n) is 5.87. The molecule has 4 rings (SSSR count). The van der Waals surface area contributed by atoms with Crippen molar-refractivity contribution in [2.24, 2.45) is 5.92 Å². The molecule has 0 N–H and O–H groups in total. The van der Waals surface area contributed by atoms with Crippen molar-refractivity contribution in [2.45, 2.75) is 26.3 Å². The lowest BCUT2D eigenvalue weighted by molar-refractivity contribution is 0.0672. The molecule has 1 fully saturated rings. The molecule has 0 unspecified atom stereocenters. The molecule has 1 saturated heterocycles. The Labute approximate surface area is 178 Å². The molecule has 0 bridgehead atoms. The Balaban J connectivity index is 1.28. The summed E-state index contributed by atoms with van der Waals surface area (Å²) < 4.78 is 1.83. The number of benzene rings is 2. The van der Waals surface area contributed by atoms with E-state index in [1.807, 2.05) is 53.0 Å². The van der Waals surface area contributed by atoms with E-state index in [1.165, 1.54) is 5.56 Å². The van der Waals surface area contributed by atoms with Gasteiger partial charge in [-0.05, 0) is 68.6 Å². The molecule has 1 amide bonds. The first kappa shape index (κ1) is 20.4. The fraction of sp³-hybridized carbons (Fsp3) is 0.360. The zero-order valence-corrected chi connectivity index (χ0v) is 17.9. The maximum absolute atomic E-state index is 12.9. The highest BCUT2D eigenvalue weighted by molar-refractivity contribution is 5.94. The van der Waals surface area contributed by atoms with E-state index >= 15 is 0 Å². The highest BCUT2D eigenvalue weighted by Gasteiger charge is 2.24. The van der Waals surface area contributed by atoms with Crippen molar-refractivity contribution >= 4 is 5.91 Å². The summed E-state index contributed by atoms with van der Waals surface area (Å²) in [5.41, 5.74) is 4.05. The third-order valence-corrected chi connectivity index (χ3v) is 5.87. The predicted molar refractivity (Wildman–Crippen MR) is 120 cm³/mol. The lowest BCUT2D eigenvalue weighted by atomic mass is 9.95. The number of aromatic nitrogens is 2. The van der Waals surface area contributed by atoms with E-state index in [4.69, 9.17) is 0 Å². The summed E-state index contributed by atoms with van der Waals surface area (Å²) in [5, 5.41) is 4.42. The molecular formula is C25H30N4O. The van der Waals surface area contributed by atoms with Gasteiger partial charge in [-0.2, -0.15) is 5.10 Å². The van der Waals surface area contributed by atoms with Gasteiger partial charge in [0.1, 0.15) is 0 Å². The van der Waals surface area contributed by atoms with Crippen LogP contribution in [-0.2, 0) is 6.54 Å². The number of hydrogen-bond donors (Lipinski definition) is 0. The van der Waals surface area contributed by atoms with Crippen molar-refractivity contribution in [2.75, 3.05) is 26.7 Å². The minimum Gasteiger partial charge on any atom is -0.339 e. The van der Waals surface area contributed by atoms with E-state index in [0.29, 0.717) is 5.92 Å². The lowest BCUT2D eigenvalue weighted by Gasteiger charge is -2.34. The zero-order valence-electron chi connectivity index (χ0n) is 17.9. The van der Waals surface area contributed by atoms with Crippen molar-refractivity contribution in [1.82, 2.24) is 19.6 Å². The zero-order chi connectivity index (χ0) is 20.9. The monoisotopic (exact) mass is 402 g/mol. The maximum atomic E-state index is 12.9. The van der Waals surface area contributed by atoms with E-state index in [1.54, 1.807) is 0 Å². The van der Waals surface area contributed by atoms with Gasteiger partial charge in [-0.15, -0.1) is 0 Å². The second kappa shape index (κ2) is 9.26. The number of carbonyl (C=O) groups excluding carboxylic acids is 1. The second-order valence-corrected chi connectivity index (χ2v) is 8.37. The average molecular weight is 403 g/mol. The summed E-state index contributed by atoms with van der Waals surface area (Å²) >= 11 is 0. The van der Waals surface area contributed by atoms with Crippen LogP contribution in [0.3, 0.4) is 0 Å². The summed E-state index contributed by atoms with van der Waals surface area (Å²) in [5.74, 6) is 0.780. The van der Waals surface area contributed by atoms with E-state index in [-0.39, 0.29) is 5.91 Å². The summed E-state index contributed by atoms with van der Waals surface area (Å²) in [6.07, 6.45) is 4.07. The van der Waals surface area contributed by atoms with Gasteiger partial charge in [0, 0.05) is 37.9 Å². The van der Waals surface area contributed by atoms with Gasteiger partial charge in [-0.1, -0.05) is 30.3 Å². The highest BCUT2D eigenvalue weighted by Crippen LogP contribution is 2.21. The molecule has 3 aromatic rings. The number of amides is 1. The minimum absolute atomic E-state index is 0.134. The molecule has 5 nitrogen and oxygen atoms in total. The highest BCUT2D eigenvalue weighted by atomic mass is 16.2. The SMILES string of the molecule is Cc1ccn(-c2ccc(C(=O)N3CCC(CN(C)Cc4ccccc4)CC3)cc2)n1. The van der Waals surface area contributed by atoms with Crippen LogP contribution in [0.2, 0.25) is 0 Å². The number of piperidine rings is 1. The molecule has 2 aromatic carbocycles. The van der Waals surface area contributed by atoms with Gasteiger partial charge in [0.25, 0.3) is 5.91 Å². The van der Waals surface area contributed by atoms with E-state index in [9.17, 15) is 4.79 Å². The molecule has 30 heavy (non-hydrogen) atoms. The Bertz CT molecular complexity index is 956. The summed E-state index contributed by atoms with van der Waals surface area (Å²) in [6, 6.07) is 20.3. The summed E-state index contributed by atoms with van der Waals surface area (Å²) in [6.45, 7) is 5.69. The Hall–Kier alpha value is -2.92. The Morgan fingerprint density at radius 3 is 2.37 bits per heavy atom. The Kier molecular flexibility index (Phi) is 6.29. The number of hydrogen-bond acceptors (Lipinski definition) is 3. The molecule has 1 aliphatic heterocycles. The first-order valence-corrected chi connectivity index (χ1v) is 10.7. The second-order valence-electron chi connectivity index (χ2n) is 8.37. The number of carbonyl (C=O) groups is 1. The van der Waals surface area contributed by atoms with Crippen molar-refractivity contribution in [3.8, 4) is 5.69 Å². The first-order chi connectivity index (χ1) is 14.6. The molecule has 0 saturated carbocycles. The van der Waals surface area contributed by atoms with Gasteiger partial charge in [0.15, 0.2) is 0 Å². The molecule has 0 aliphatic carbocycles. The Morgan fingerprint density at radius 2 is 1.73 bits per heavy atom. The van der Waals surface area contributed by atoms with Crippen LogP contribution in [0.4, 0.5) is 0 Å². The van der Waals surface area contributed by atoms with Crippen LogP contribution in [0.1, 0.15) is 34.5 Å². The molecule has 0 radical (unpaired) electrons. The van der Waals surface area contributed by atoms with Crippen molar-refractivity contribution in [1.29, 1.82) is 0 Å². The van der Waals surface area contributed by atoms with E-state index in [2.05, 4.69) is 47.4 Å². The van der Waals surface area contributed by atoms with E-state index < -0.39 is 0 Å². The van der Waals surface area contributed by atoms with Crippen molar-refractivity contribution < 1.29 is 4.79 Å².